The molecule has 30 heavy (non-hydrogen) atoms. The molecule has 1 amide bonds. The molecule has 4 nitrogen and oxygen atoms in total. The second-order valence-electron chi connectivity index (χ2n) is 10.5. The molecule has 0 aromatic heterocycles. The first kappa shape index (κ1) is 19.6. The Morgan fingerprint density at radius 3 is 2.33 bits per heavy atom. The molecule has 158 valence electrons. The zero-order valence-corrected chi connectivity index (χ0v) is 18.3. The molecule has 2 saturated heterocycles. The summed E-state index contributed by atoms with van der Waals surface area (Å²) >= 11 is 0. The van der Waals surface area contributed by atoms with Gasteiger partial charge in [-0.1, -0.05) is 60.7 Å². The number of rotatable bonds is 3. The topological polar surface area (TPSA) is 32.8 Å². The Labute approximate surface area is 179 Å². The molecular weight excluding hydrogens is 372 g/mol. The van der Waals surface area contributed by atoms with Gasteiger partial charge in [-0.05, 0) is 44.2 Å². The van der Waals surface area contributed by atoms with Gasteiger partial charge in [0, 0.05) is 43.6 Å². The average molecular weight is 405 g/mol. The predicted octanol–water partition coefficient (Wildman–Crippen LogP) is 4.70. The maximum atomic E-state index is 13.0. The van der Waals surface area contributed by atoms with Crippen molar-refractivity contribution in [1.82, 2.24) is 9.80 Å². The Kier molecular flexibility index (Phi) is 4.48. The normalized spacial score (nSPS) is 30.5. The quantitative estimate of drug-likeness (QED) is 0.744. The van der Waals surface area contributed by atoms with Crippen LogP contribution < -0.4 is 0 Å². The van der Waals surface area contributed by atoms with Crippen molar-refractivity contribution >= 4 is 6.09 Å². The minimum Gasteiger partial charge on any atom is -0.444 e. The molecule has 3 fully saturated rings. The van der Waals surface area contributed by atoms with Gasteiger partial charge in [0.2, 0.25) is 0 Å². The zero-order chi connectivity index (χ0) is 21.0. The molecule has 5 rings (SSSR count). The number of amides is 1. The maximum absolute atomic E-state index is 13.0. The first-order valence-corrected chi connectivity index (χ1v) is 11.1. The highest BCUT2D eigenvalue weighted by Gasteiger charge is 2.73. The smallest absolute Gasteiger partial charge is 0.410 e. The van der Waals surface area contributed by atoms with E-state index in [9.17, 15) is 4.79 Å². The molecule has 3 unspecified atom stereocenters. The van der Waals surface area contributed by atoms with Crippen molar-refractivity contribution in [3.05, 3.63) is 71.8 Å². The van der Waals surface area contributed by atoms with Crippen molar-refractivity contribution in [1.29, 1.82) is 0 Å². The van der Waals surface area contributed by atoms with E-state index >= 15 is 0 Å². The van der Waals surface area contributed by atoms with Crippen molar-refractivity contribution in [2.75, 3.05) is 26.2 Å². The van der Waals surface area contributed by atoms with E-state index < -0.39 is 5.60 Å². The first-order valence-electron chi connectivity index (χ1n) is 11.1. The summed E-state index contributed by atoms with van der Waals surface area (Å²) in [5, 5.41) is 0. The van der Waals surface area contributed by atoms with Crippen LogP contribution in [0, 0.1) is 11.3 Å². The van der Waals surface area contributed by atoms with Crippen LogP contribution in [0.4, 0.5) is 4.79 Å². The molecule has 1 saturated carbocycles. The molecule has 1 aliphatic carbocycles. The molecule has 0 bridgehead atoms. The van der Waals surface area contributed by atoms with Crippen LogP contribution in [0.3, 0.4) is 0 Å². The van der Waals surface area contributed by atoms with Crippen molar-refractivity contribution < 1.29 is 9.53 Å². The predicted molar refractivity (Wildman–Crippen MR) is 118 cm³/mol. The molecule has 2 aromatic carbocycles. The Morgan fingerprint density at radius 1 is 1.00 bits per heavy atom. The van der Waals surface area contributed by atoms with Gasteiger partial charge in [0.25, 0.3) is 0 Å². The summed E-state index contributed by atoms with van der Waals surface area (Å²) in [5.74, 6) is 0.633. The number of hydrogen-bond donors (Lipinski definition) is 0. The minimum absolute atomic E-state index is 0.0429. The molecule has 2 aromatic rings. The third-order valence-corrected chi connectivity index (χ3v) is 7.47. The number of carbonyl (C=O) groups is 1. The van der Waals surface area contributed by atoms with E-state index in [-0.39, 0.29) is 16.9 Å². The summed E-state index contributed by atoms with van der Waals surface area (Å²) in [6.45, 7) is 10.5. The fourth-order valence-electron chi connectivity index (χ4n) is 6.32. The molecule has 4 heteroatoms. The lowest BCUT2D eigenvalue weighted by atomic mass is 9.44. The Bertz CT molecular complexity index is 923. The van der Waals surface area contributed by atoms with E-state index in [1.165, 1.54) is 11.1 Å². The second kappa shape index (κ2) is 6.84. The molecule has 0 N–H and O–H groups in total. The number of nitrogens with zero attached hydrogens (tertiary/aromatic N) is 2. The van der Waals surface area contributed by atoms with Crippen LogP contribution in [0.2, 0.25) is 0 Å². The van der Waals surface area contributed by atoms with Gasteiger partial charge in [-0.2, -0.15) is 0 Å². The van der Waals surface area contributed by atoms with Crippen molar-refractivity contribution in [3.8, 4) is 0 Å². The van der Waals surface area contributed by atoms with Crippen LogP contribution >= 0.6 is 0 Å². The van der Waals surface area contributed by atoms with E-state index in [0.717, 1.165) is 39.1 Å². The molecule has 3 aliphatic rings. The lowest BCUT2D eigenvalue weighted by Crippen LogP contribution is -2.60. The molecular formula is C26H32N2O2. The Balaban J connectivity index is 1.44. The number of benzene rings is 2. The second-order valence-corrected chi connectivity index (χ2v) is 10.5. The fraction of sp³-hybridized carbons (Fsp3) is 0.500. The van der Waals surface area contributed by atoms with Gasteiger partial charge in [0.1, 0.15) is 5.60 Å². The van der Waals surface area contributed by atoms with Crippen LogP contribution in [0.1, 0.15) is 38.3 Å². The third kappa shape index (κ3) is 3.04. The van der Waals surface area contributed by atoms with Crippen LogP contribution in [-0.2, 0) is 16.7 Å². The summed E-state index contributed by atoms with van der Waals surface area (Å²) in [5.41, 5.74) is 2.45. The van der Waals surface area contributed by atoms with Gasteiger partial charge in [-0.15, -0.1) is 0 Å². The number of ether oxygens (including phenoxy) is 1. The number of hydrogen-bond acceptors (Lipinski definition) is 3. The van der Waals surface area contributed by atoms with Crippen LogP contribution in [-0.4, -0.2) is 47.7 Å². The fourth-order valence-corrected chi connectivity index (χ4v) is 6.32. The lowest BCUT2D eigenvalue weighted by molar-refractivity contribution is -0.000966. The van der Waals surface area contributed by atoms with Crippen molar-refractivity contribution in [3.63, 3.8) is 0 Å². The maximum Gasteiger partial charge on any atom is 0.410 e. The van der Waals surface area contributed by atoms with Gasteiger partial charge in [-0.25, -0.2) is 4.79 Å². The largest absolute Gasteiger partial charge is 0.444 e. The summed E-state index contributed by atoms with van der Waals surface area (Å²) in [7, 11) is 0. The SMILES string of the molecule is CC(C)(C)OC(=O)N1CC2(c3ccccc3)CC3CN(Cc4ccccc4)CC32C1. The zero-order valence-electron chi connectivity index (χ0n) is 18.3. The van der Waals surface area contributed by atoms with E-state index in [1.807, 2.05) is 25.7 Å². The van der Waals surface area contributed by atoms with Crippen LogP contribution in [0.5, 0.6) is 0 Å². The molecule has 2 heterocycles. The van der Waals surface area contributed by atoms with Gasteiger partial charge in [-0.3, -0.25) is 4.90 Å². The number of carbonyl (C=O) groups excluding carboxylic acids is 1. The summed E-state index contributed by atoms with van der Waals surface area (Å²) in [6.07, 6.45) is 0.989. The van der Waals surface area contributed by atoms with Crippen molar-refractivity contribution in [2.24, 2.45) is 11.3 Å². The monoisotopic (exact) mass is 404 g/mol. The van der Waals surface area contributed by atoms with Crippen LogP contribution in [0.25, 0.3) is 0 Å². The highest BCUT2D eigenvalue weighted by Crippen LogP contribution is 2.68. The summed E-state index contributed by atoms with van der Waals surface area (Å²) in [6, 6.07) is 21.6. The van der Waals surface area contributed by atoms with Gasteiger partial charge < -0.3 is 9.64 Å². The van der Waals surface area contributed by atoms with Crippen LogP contribution in [0.15, 0.2) is 60.7 Å². The highest BCUT2D eigenvalue weighted by atomic mass is 16.6. The van der Waals surface area contributed by atoms with E-state index in [4.69, 9.17) is 4.74 Å². The molecule has 2 aliphatic heterocycles. The van der Waals surface area contributed by atoms with Gasteiger partial charge in [0.05, 0.1) is 0 Å². The van der Waals surface area contributed by atoms with Gasteiger partial charge >= 0.3 is 6.09 Å². The highest BCUT2D eigenvalue weighted by molar-refractivity contribution is 5.70. The Hall–Kier alpha value is -2.33. The molecule has 1 spiro atoms. The molecule has 0 radical (unpaired) electrons. The third-order valence-electron chi connectivity index (χ3n) is 7.47. The first-order chi connectivity index (χ1) is 14.3. The lowest BCUT2D eigenvalue weighted by Gasteiger charge is -2.57. The van der Waals surface area contributed by atoms with Gasteiger partial charge in [0.15, 0.2) is 0 Å². The van der Waals surface area contributed by atoms with Crippen molar-refractivity contribution in [2.45, 2.75) is 44.8 Å². The molecule has 3 atom stereocenters. The Morgan fingerprint density at radius 2 is 1.67 bits per heavy atom. The summed E-state index contributed by atoms with van der Waals surface area (Å²) in [4.78, 5) is 17.6. The van der Waals surface area contributed by atoms with E-state index in [1.54, 1.807) is 0 Å². The minimum atomic E-state index is -0.468. The van der Waals surface area contributed by atoms with E-state index in [2.05, 4.69) is 65.6 Å². The van der Waals surface area contributed by atoms with E-state index in [0.29, 0.717) is 5.92 Å². The standard InChI is InChI=1S/C26H32N2O2/c1-24(2,3)30-23(29)28-18-25(21-12-8-5-9-13-21)14-22-16-27(17-26(22,25)19-28)15-20-10-6-4-7-11-20/h4-13,22H,14-19H2,1-3H3. The summed E-state index contributed by atoms with van der Waals surface area (Å²) < 4.78 is 5.77. The number of likely N-dealkylation sites (tertiary alicyclic amines) is 2. The average Bonchev–Trinajstić information content (AvgIpc) is 3.13.